The summed E-state index contributed by atoms with van der Waals surface area (Å²) < 4.78 is 15.8. The van der Waals surface area contributed by atoms with E-state index in [1.807, 2.05) is 30.3 Å². The number of nitrogens with one attached hydrogen (secondary N) is 1. The van der Waals surface area contributed by atoms with Gasteiger partial charge in [-0.2, -0.15) is 0 Å². The fraction of sp³-hybridized carbons (Fsp3) is 0.200. The lowest BCUT2D eigenvalue weighted by molar-refractivity contribution is -0.120. The first-order valence-corrected chi connectivity index (χ1v) is 8.16. The maximum absolute atomic E-state index is 12.2. The molecule has 3 rings (SSSR count). The van der Waals surface area contributed by atoms with Crippen LogP contribution in [-0.4, -0.2) is 25.1 Å². The van der Waals surface area contributed by atoms with Crippen molar-refractivity contribution in [3.8, 4) is 23.0 Å². The first-order chi connectivity index (χ1) is 12.7. The van der Waals surface area contributed by atoms with Gasteiger partial charge in [0, 0.05) is 12.7 Å². The number of hydrogen-bond acceptors (Lipinski definition) is 5. The standard InChI is InChI=1S/C20H20N2O4/c1-24-18-8-6-14(10-19(18)25-2)11-20(23)22-13-15-5-7-16(21-12-15)17-4-3-9-26-17/h3-10,12H,11,13H2,1-2H3,(H,22,23). The second kappa shape index (κ2) is 8.20. The highest BCUT2D eigenvalue weighted by atomic mass is 16.5. The molecule has 0 fully saturated rings. The molecule has 0 radical (unpaired) electrons. The lowest BCUT2D eigenvalue weighted by Gasteiger charge is -2.10. The zero-order valence-corrected chi connectivity index (χ0v) is 14.7. The molecule has 0 aliphatic rings. The quantitative estimate of drug-likeness (QED) is 0.707. The summed E-state index contributed by atoms with van der Waals surface area (Å²) in [6, 6.07) is 12.9. The third-order valence-electron chi connectivity index (χ3n) is 3.90. The SMILES string of the molecule is COc1ccc(CC(=O)NCc2ccc(-c3ccco3)nc2)cc1OC. The van der Waals surface area contributed by atoms with Crippen LogP contribution in [0.15, 0.2) is 59.3 Å². The number of nitrogens with zero attached hydrogens (tertiary/aromatic N) is 1. The Kier molecular flexibility index (Phi) is 5.53. The molecule has 0 saturated heterocycles. The van der Waals surface area contributed by atoms with Crippen LogP contribution in [0.3, 0.4) is 0 Å². The van der Waals surface area contributed by atoms with Crippen LogP contribution in [0.4, 0.5) is 0 Å². The van der Waals surface area contributed by atoms with Crippen LogP contribution in [0.5, 0.6) is 11.5 Å². The summed E-state index contributed by atoms with van der Waals surface area (Å²) >= 11 is 0. The molecule has 0 aliphatic heterocycles. The molecule has 6 nitrogen and oxygen atoms in total. The molecule has 1 N–H and O–H groups in total. The molecule has 26 heavy (non-hydrogen) atoms. The number of pyridine rings is 1. The molecule has 0 bridgehead atoms. The Morgan fingerprint density at radius 2 is 1.88 bits per heavy atom. The molecule has 2 aromatic heterocycles. The van der Waals surface area contributed by atoms with Gasteiger partial charge in [-0.3, -0.25) is 9.78 Å². The van der Waals surface area contributed by atoms with Crippen molar-refractivity contribution >= 4 is 5.91 Å². The number of benzene rings is 1. The van der Waals surface area contributed by atoms with Crippen LogP contribution in [-0.2, 0) is 17.8 Å². The summed E-state index contributed by atoms with van der Waals surface area (Å²) in [4.78, 5) is 16.5. The highest BCUT2D eigenvalue weighted by molar-refractivity contribution is 5.78. The van der Waals surface area contributed by atoms with Gasteiger partial charge in [0.25, 0.3) is 0 Å². The number of hydrogen-bond donors (Lipinski definition) is 1. The fourth-order valence-corrected chi connectivity index (χ4v) is 2.54. The third kappa shape index (κ3) is 4.22. The summed E-state index contributed by atoms with van der Waals surface area (Å²) in [7, 11) is 3.15. The van der Waals surface area contributed by atoms with Crippen molar-refractivity contribution in [3.05, 3.63) is 66.1 Å². The predicted octanol–water partition coefficient (Wildman–Crippen LogP) is 3.22. The summed E-state index contributed by atoms with van der Waals surface area (Å²) in [6.45, 7) is 0.414. The van der Waals surface area contributed by atoms with E-state index in [0.29, 0.717) is 23.8 Å². The van der Waals surface area contributed by atoms with Crippen LogP contribution < -0.4 is 14.8 Å². The van der Waals surface area contributed by atoms with Crippen molar-refractivity contribution < 1.29 is 18.7 Å². The predicted molar refractivity (Wildman–Crippen MR) is 97.0 cm³/mol. The Labute approximate surface area is 151 Å². The number of amides is 1. The Morgan fingerprint density at radius 1 is 1.08 bits per heavy atom. The highest BCUT2D eigenvalue weighted by Crippen LogP contribution is 2.27. The smallest absolute Gasteiger partial charge is 0.224 e. The number of carbonyl (C=O) groups excluding carboxylic acids is 1. The molecule has 0 unspecified atom stereocenters. The van der Waals surface area contributed by atoms with E-state index in [-0.39, 0.29) is 12.3 Å². The third-order valence-corrected chi connectivity index (χ3v) is 3.90. The Bertz CT molecular complexity index is 858. The lowest BCUT2D eigenvalue weighted by Crippen LogP contribution is -2.24. The van der Waals surface area contributed by atoms with Crippen LogP contribution in [0.1, 0.15) is 11.1 Å². The monoisotopic (exact) mass is 352 g/mol. The molecular formula is C20H20N2O4. The molecule has 0 spiro atoms. The van der Waals surface area contributed by atoms with Gasteiger partial charge in [-0.15, -0.1) is 0 Å². The molecule has 1 amide bonds. The minimum atomic E-state index is -0.0765. The zero-order valence-electron chi connectivity index (χ0n) is 14.7. The van der Waals surface area contributed by atoms with Crippen molar-refractivity contribution in [2.24, 2.45) is 0 Å². The lowest BCUT2D eigenvalue weighted by atomic mass is 10.1. The van der Waals surface area contributed by atoms with E-state index in [9.17, 15) is 4.79 Å². The summed E-state index contributed by atoms with van der Waals surface area (Å²) in [6.07, 6.45) is 3.60. The van der Waals surface area contributed by atoms with E-state index < -0.39 is 0 Å². The number of aromatic nitrogens is 1. The zero-order chi connectivity index (χ0) is 18.4. The summed E-state index contributed by atoms with van der Waals surface area (Å²) in [5.41, 5.74) is 2.53. The van der Waals surface area contributed by atoms with E-state index in [0.717, 1.165) is 16.8 Å². The number of rotatable bonds is 7. The summed E-state index contributed by atoms with van der Waals surface area (Å²) in [5.74, 6) is 1.89. The first kappa shape index (κ1) is 17.5. The van der Waals surface area contributed by atoms with Gasteiger partial charge in [0.1, 0.15) is 5.69 Å². The van der Waals surface area contributed by atoms with Crippen molar-refractivity contribution in [2.75, 3.05) is 14.2 Å². The molecule has 2 heterocycles. The molecule has 0 aliphatic carbocycles. The largest absolute Gasteiger partial charge is 0.493 e. The number of carbonyl (C=O) groups is 1. The minimum Gasteiger partial charge on any atom is -0.493 e. The summed E-state index contributed by atoms with van der Waals surface area (Å²) in [5, 5.41) is 2.89. The van der Waals surface area contributed by atoms with Crippen molar-refractivity contribution in [1.82, 2.24) is 10.3 Å². The minimum absolute atomic E-state index is 0.0765. The van der Waals surface area contributed by atoms with Crippen molar-refractivity contribution in [3.63, 3.8) is 0 Å². The average molecular weight is 352 g/mol. The number of methoxy groups -OCH3 is 2. The van der Waals surface area contributed by atoms with Gasteiger partial charge in [-0.25, -0.2) is 0 Å². The fourth-order valence-electron chi connectivity index (χ4n) is 2.54. The Balaban J connectivity index is 1.55. The number of furan rings is 1. The molecule has 0 saturated carbocycles. The molecule has 3 aromatic rings. The van der Waals surface area contributed by atoms with E-state index in [4.69, 9.17) is 13.9 Å². The topological polar surface area (TPSA) is 73.6 Å². The maximum atomic E-state index is 12.2. The maximum Gasteiger partial charge on any atom is 0.224 e. The van der Waals surface area contributed by atoms with Gasteiger partial charge < -0.3 is 19.2 Å². The van der Waals surface area contributed by atoms with Gasteiger partial charge in [0.15, 0.2) is 17.3 Å². The molecule has 1 aromatic carbocycles. The number of ether oxygens (including phenoxy) is 2. The van der Waals surface area contributed by atoms with Crippen LogP contribution in [0.25, 0.3) is 11.5 Å². The average Bonchev–Trinajstić information content (AvgIpc) is 3.21. The van der Waals surface area contributed by atoms with Crippen molar-refractivity contribution in [1.29, 1.82) is 0 Å². The van der Waals surface area contributed by atoms with Crippen LogP contribution in [0.2, 0.25) is 0 Å². The molecule has 0 atom stereocenters. The van der Waals surface area contributed by atoms with Gasteiger partial charge >= 0.3 is 0 Å². The van der Waals surface area contributed by atoms with Gasteiger partial charge in [-0.05, 0) is 41.5 Å². The highest BCUT2D eigenvalue weighted by Gasteiger charge is 2.09. The van der Waals surface area contributed by atoms with Gasteiger partial charge in [0.05, 0.1) is 26.9 Å². The normalized spacial score (nSPS) is 10.4. The van der Waals surface area contributed by atoms with Crippen LogP contribution in [0, 0.1) is 0 Å². The Hall–Kier alpha value is -3.28. The second-order valence-corrected chi connectivity index (χ2v) is 5.67. The Morgan fingerprint density at radius 3 is 2.54 bits per heavy atom. The first-order valence-electron chi connectivity index (χ1n) is 8.16. The van der Waals surface area contributed by atoms with Crippen molar-refractivity contribution in [2.45, 2.75) is 13.0 Å². The second-order valence-electron chi connectivity index (χ2n) is 5.67. The molecule has 6 heteroatoms. The molecular weight excluding hydrogens is 332 g/mol. The van der Waals surface area contributed by atoms with E-state index in [1.54, 1.807) is 38.8 Å². The van der Waals surface area contributed by atoms with Crippen LogP contribution >= 0.6 is 0 Å². The van der Waals surface area contributed by atoms with Gasteiger partial charge in [0.2, 0.25) is 5.91 Å². The van der Waals surface area contributed by atoms with E-state index >= 15 is 0 Å². The van der Waals surface area contributed by atoms with Gasteiger partial charge in [-0.1, -0.05) is 12.1 Å². The van der Waals surface area contributed by atoms with E-state index in [1.165, 1.54) is 0 Å². The van der Waals surface area contributed by atoms with E-state index in [2.05, 4.69) is 10.3 Å². The molecule has 134 valence electrons.